The minimum absolute atomic E-state index is 0.0767. The number of carboxylic acid groups (broad SMARTS) is 1. The zero-order valence-electron chi connectivity index (χ0n) is 21.3. The number of carbonyl (C=O) groups is 2. The van der Waals surface area contributed by atoms with E-state index in [2.05, 4.69) is 18.2 Å². The minimum atomic E-state index is -0.813. The second-order valence-corrected chi connectivity index (χ2v) is 8.85. The number of nitrogens with zero attached hydrogens (tertiary/aromatic N) is 1. The van der Waals surface area contributed by atoms with Gasteiger partial charge in [-0.25, -0.2) is 0 Å². The van der Waals surface area contributed by atoms with Crippen LogP contribution in [0.3, 0.4) is 0 Å². The van der Waals surface area contributed by atoms with Crippen molar-refractivity contribution in [1.82, 2.24) is 4.90 Å². The van der Waals surface area contributed by atoms with Crippen LogP contribution in [0.4, 0.5) is 0 Å². The highest BCUT2D eigenvalue weighted by Crippen LogP contribution is 2.24. The molecule has 2 rings (SSSR count). The average molecular weight is 482 g/mol. The molecule has 0 aromatic heterocycles. The summed E-state index contributed by atoms with van der Waals surface area (Å²) in [5, 5.41) is 9.12. The highest BCUT2D eigenvalue weighted by atomic mass is 16.5. The molecule has 35 heavy (non-hydrogen) atoms. The first-order chi connectivity index (χ1) is 16.9. The van der Waals surface area contributed by atoms with Crippen LogP contribution >= 0.6 is 0 Å². The fourth-order valence-corrected chi connectivity index (χ4v) is 3.68. The molecule has 6 nitrogen and oxygen atoms in total. The Hall–Kier alpha value is -3.28. The van der Waals surface area contributed by atoms with Gasteiger partial charge in [0, 0.05) is 26.9 Å². The van der Waals surface area contributed by atoms with Gasteiger partial charge in [0.2, 0.25) is 5.91 Å². The summed E-state index contributed by atoms with van der Waals surface area (Å²) in [6.45, 7) is 0.600. The molecule has 190 valence electrons. The molecule has 6 heteroatoms. The van der Waals surface area contributed by atoms with Gasteiger partial charge in [-0.05, 0) is 79.8 Å². The second-order valence-electron chi connectivity index (χ2n) is 8.85. The molecule has 0 atom stereocenters. The Morgan fingerprint density at radius 2 is 1.71 bits per heavy atom. The third-order valence-electron chi connectivity index (χ3n) is 5.79. The van der Waals surface area contributed by atoms with Gasteiger partial charge in [-0.15, -0.1) is 0 Å². The van der Waals surface area contributed by atoms with Gasteiger partial charge in [-0.2, -0.15) is 0 Å². The fourth-order valence-electron chi connectivity index (χ4n) is 3.68. The summed E-state index contributed by atoms with van der Waals surface area (Å²) < 4.78 is 11.2. The van der Waals surface area contributed by atoms with E-state index in [0.29, 0.717) is 19.4 Å². The van der Waals surface area contributed by atoms with Crippen LogP contribution in [-0.4, -0.2) is 49.7 Å². The average Bonchev–Trinajstić information content (AvgIpc) is 2.85. The molecule has 2 aromatic rings. The van der Waals surface area contributed by atoms with Crippen LogP contribution < -0.4 is 9.47 Å². The zero-order chi connectivity index (χ0) is 25.5. The number of aryl methyl sites for hydroxylation is 2. The molecular formula is C29H39NO5. The van der Waals surface area contributed by atoms with Gasteiger partial charge < -0.3 is 19.5 Å². The molecule has 0 heterocycles. The zero-order valence-corrected chi connectivity index (χ0v) is 21.3. The first kappa shape index (κ1) is 28.0. The Labute approximate surface area is 209 Å². The molecule has 0 saturated heterocycles. The molecule has 0 unspecified atom stereocenters. The van der Waals surface area contributed by atoms with Crippen molar-refractivity contribution in [1.29, 1.82) is 0 Å². The van der Waals surface area contributed by atoms with Crippen molar-refractivity contribution in [2.45, 2.75) is 57.8 Å². The van der Waals surface area contributed by atoms with Gasteiger partial charge >= 0.3 is 5.97 Å². The summed E-state index contributed by atoms with van der Waals surface area (Å²) in [7, 11) is 5.21. The van der Waals surface area contributed by atoms with E-state index in [1.165, 1.54) is 0 Å². The number of carbonyl (C=O) groups excluding carboxylic acids is 1. The lowest BCUT2D eigenvalue weighted by molar-refractivity contribution is -0.137. The highest BCUT2D eigenvalue weighted by Gasteiger charge is 2.09. The lowest BCUT2D eigenvalue weighted by Crippen LogP contribution is -2.21. The van der Waals surface area contributed by atoms with E-state index in [4.69, 9.17) is 14.6 Å². The van der Waals surface area contributed by atoms with Crippen molar-refractivity contribution in [3.05, 3.63) is 65.2 Å². The first-order valence-corrected chi connectivity index (χ1v) is 12.4. The minimum Gasteiger partial charge on any atom is -0.497 e. The summed E-state index contributed by atoms with van der Waals surface area (Å²) in [6, 6.07) is 14.0. The molecule has 1 amide bonds. The second kappa shape index (κ2) is 15.6. The van der Waals surface area contributed by atoms with Crippen molar-refractivity contribution in [3.8, 4) is 11.5 Å². The number of aliphatic carboxylic acids is 1. The van der Waals surface area contributed by atoms with E-state index < -0.39 is 5.97 Å². The Kier molecular flexibility index (Phi) is 12.5. The van der Waals surface area contributed by atoms with Crippen LogP contribution in [0.5, 0.6) is 11.5 Å². The standard InChI is InChI=1S/C29H39NO5/c1-30(2)28(31)12-8-7-11-24-15-19-27(25(22-24)16-20-29(32)33)35-21-9-5-4-6-10-23-13-17-26(34-3)18-14-23/h6,10,13-15,17-19,22H,4-5,7-9,11-12,16,20-21H2,1-3H3,(H,32,33)/b10-6+. The monoisotopic (exact) mass is 481 g/mol. The Morgan fingerprint density at radius 1 is 0.943 bits per heavy atom. The van der Waals surface area contributed by atoms with E-state index in [0.717, 1.165) is 66.7 Å². The Balaban J connectivity index is 1.79. The molecule has 0 radical (unpaired) electrons. The largest absolute Gasteiger partial charge is 0.497 e. The third kappa shape index (κ3) is 11.1. The van der Waals surface area contributed by atoms with Gasteiger partial charge in [-0.1, -0.05) is 36.4 Å². The number of ether oxygens (including phenoxy) is 2. The van der Waals surface area contributed by atoms with Gasteiger partial charge in [0.1, 0.15) is 11.5 Å². The lowest BCUT2D eigenvalue weighted by atomic mass is 10.0. The molecular weight excluding hydrogens is 442 g/mol. The van der Waals surface area contributed by atoms with Crippen LogP contribution in [-0.2, 0) is 22.4 Å². The number of rotatable bonds is 16. The quantitative estimate of drug-likeness (QED) is 0.308. The lowest BCUT2D eigenvalue weighted by Gasteiger charge is -2.13. The van der Waals surface area contributed by atoms with E-state index in [1.54, 1.807) is 26.1 Å². The molecule has 0 aliphatic rings. The number of carboxylic acids is 1. The van der Waals surface area contributed by atoms with Crippen LogP contribution in [0, 0.1) is 0 Å². The number of hydrogen-bond acceptors (Lipinski definition) is 4. The van der Waals surface area contributed by atoms with Gasteiger partial charge in [0.15, 0.2) is 0 Å². The maximum absolute atomic E-state index is 11.7. The molecule has 0 saturated carbocycles. The normalized spacial score (nSPS) is 10.9. The summed E-state index contributed by atoms with van der Waals surface area (Å²) in [6.07, 6.45) is 10.9. The van der Waals surface area contributed by atoms with Crippen molar-refractivity contribution >= 4 is 18.0 Å². The van der Waals surface area contributed by atoms with Crippen molar-refractivity contribution in [3.63, 3.8) is 0 Å². The summed E-state index contributed by atoms with van der Waals surface area (Å²) in [5.74, 6) is 0.956. The highest BCUT2D eigenvalue weighted by molar-refractivity contribution is 5.75. The SMILES string of the molecule is COc1ccc(/C=C/CCCCOc2ccc(CCCCC(=O)N(C)C)cc2CCC(=O)O)cc1. The van der Waals surface area contributed by atoms with Gasteiger partial charge in [0.05, 0.1) is 13.7 Å². The van der Waals surface area contributed by atoms with Crippen LogP contribution in [0.2, 0.25) is 0 Å². The van der Waals surface area contributed by atoms with Crippen LogP contribution in [0.25, 0.3) is 6.08 Å². The molecule has 0 fully saturated rings. The molecule has 0 spiro atoms. The van der Waals surface area contributed by atoms with Gasteiger partial charge in [-0.3, -0.25) is 9.59 Å². The predicted molar refractivity (Wildman–Crippen MR) is 140 cm³/mol. The summed E-state index contributed by atoms with van der Waals surface area (Å²) >= 11 is 0. The van der Waals surface area contributed by atoms with Crippen LogP contribution in [0.1, 0.15) is 61.6 Å². The van der Waals surface area contributed by atoms with Crippen molar-refractivity contribution in [2.75, 3.05) is 27.8 Å². The Bertz CT molecular complexity index is 950. The molecule has 0 aliphatic carbocycles. The maximum Gasteiger partial charge on any atom is 0.303 e. The smallest absolute Gasteiger partial charge is 0.303 e. The number of amides is 1. The van der Waals surface area contributed by atoms with Crippen molar-refractivity contribution < 1.29 is 24.2 Å². The summed E-state index contributed by atoms with van der Waals surface area (Å²) in [5.41, 5.74) is 3.24. The van der Waals surface area contributed by atoms with Crippen LogP contribution in [0.15, 0.2) is 48.5 Å². The molecule has 0 bridgehead atoms. The number of methoxy groups -OCH3 is 1. The van der Waals surface area contributed by atoms with E-state index in [9.17, 15) is 9.59 Å². The maximum atomic E-state index is 11.7. The number of unbranched alkanes of at least 4 members (excludes halogenated alkanes) is 3. The fraction of sp³-hybridized carbons (Fsp3) is 0.448. The van der Waals surface area contributed by atoms with Gasteiger partial charge in [0.25, 0.3) is 0 Å². The number of hydrogen-bond donors (Lipinski definition) is 1. The number of benzene rings is 2. The molecule has 1 N–H and O–H groups in total. The van der Waals surface area contributed by atoms with E-state index >= 15 is 0 Å². The van der Waals surface area contributed by atoms with Crippen molar-refractivity contribution in [2.24, 2.45) is 0 Å². The molecule has 0 aliphatic heterocycles. The predicted octanol–water partition coefficient (Wildman–Crippen LogP) is 5.78. The molecule has 2 aromatic carbocycles. The number of allylic oxidation sites excluding steroid dienone is 1. The van der Waals surface area contributed by atoms with E-state index in [-0.39, 0.29) is 12.3 Å². The Morgan fingerprint density at radius 3 is 2.40 bits per heavy atom. The topological polar surface area (TPSA) is 76.1 Å². The van der Waals surface area contributed by atoms with E-state index in [1.807, 2.05) is 36.4 Å². The third-order valence-corrected chi connectivity index (χ3v) is 5.79. The summed E-state index contributed by atoms with van der Waals surface area (Å²) in [4.78, 5) is 24.4. The first-order valence-electron chi connectivity index (χ1n) is 12.4.